The van der Waals surface area contributed by atoms with Gasteiger partial charge in [0.25, 0.3) is 0 Å². The van der Waals surface area contributed by atoms with Crippen molar-refractivity contribution in [2.45, 2.75) is 24.8 Å². The molecule has 0 fully saturated rings. The average Bonchev–Trinajstić information content (AvgIpc) is 2.59. The van der Waals surface area contributed by atoms with Crippen molar-refractivity contribution >= 4 is 16.0 Å². The van der Waals surface area contributed by atoms with E-state index in [0.29, 0.717) is 13.0 Å². The maximum atomic E-state index is 12.3. The Kier molecular flexibility index (Phi) is 5.90. The Labute approximate surface area is 136 Å². The van der Waals surface area contributed by atoms with Crippen molar-refractivity contribution in [3.8, 4) is 0 Å². The maximum absolute atomic E-state index is 12.3. The van der Waals surface area contributed by atoms with E-state index in [2.05, 4.69) is 4.72 Å². The van der Waals surface area contributed by atoms with Gasteiger partial charge >= 0.3 is 5.97 Å². The number of sulfonamides is 1. The summed E-state index contributed by atoms with van der Waals surface area (Å²) in [5, 5.41) is 0. The van der Waals surface area contributed by atoms with Crippen LogP contribution in [0.25, 0.3) is 0 Å². The Bertz CT molecular complexity index is 757. The van der Waals surface area contributed by atoms with Gasteiger partial charge in [0.15, 0.2) is 0 Å². The number of esters is 1. The molecule has 0 unspecified atom stereocenters. The van der Waals surface area contributed by atoms with Gasteiger partial charge in [0.2, 0.25) is 10.0 Å². The van der Waals surface area contributed by atoms with E-state index in [1.165, 1.54) is 24.3 Å². The topological polar surface area (TPSA) is 72.5 Å². The summed E-state index contributed by atoms with van der Waals surface area (Å²) in [7, 11) is -3.69. The highest BCUT2D eigenvalue weighted by Crippen LogP contribution is 2.13. The molecule has 0 aromatic heterocycles. The third-order valence-electron chi connectivity index (χ3n) is 3.13. The molecule has 122 valence electrons. The van der Waals surface area contributed by atoms with Crippen molar-refractivity contribution in [2.24, 2.45) is 0 Å². The van der Waals surface area contributed by atoms with Gasteiger partial charge in [-0.1, -0.05) is 43.3 Å². The third-order valence-corrected chi connectivity index (χ3v) is 4.53. The highest BCUT2D eigenvalue weighted by Gasteiger charge is 2.16. The molecule has 2 aromatic carbocycles. The first kappa shape index (κ1) is 17.2. The van der Waals surface area contributed by atoms with Crippen molar-refractivity contribution in [3.63, 3.8) is 0 Å². The molecule has 0 amide bonds. The standard InChI is InChI=1S/C17H19NO4S/c1-2-11-22-17(19)15-9-6-10-16(12-15)23(20,21)18-13-14-7-4-3-5-8-14/h3-10,12,18H,2,11,13H2,1H3. The zero-order valence-electron chi connectivity index (χ0n) is 12.9. The Morgan fingerprint density at radius 1 is 1.09 bits per heavy atom. The molecule has 0 atom stereocenters. The van der Waals surface area contributed by atoms with Crippen LogP contribution < -0.4 is 4.72 Å². The van der Waals surface area contributed by atoms with Gasteiger partial charge in [0.05, 0.1) is 17.1 Å². The van der Waals surface area contributed by atoms with Gasteiger partial charge in [-0.2, -0.15) is 0 Å². The Hall–Kier alpha value is -2.18. The molecule has 0 heterocycles. The smallest absolute Gasteiger partial charge is 0.338 e. The van der Waals surface area contributed by atoms with E-state index < -0.39 is 16.0 Å². The molecule has 0 saturated carbocycles. The SMILES string of the molecule is CCCOC(=O)c1cccc(S(=O)(=O)NCc2ccccc2)c1. The van der Waals surface area contributed by atoms with E-state index in [4.69, 9.17) is 4.74 Å². The van der Waals surface area contributed by atoms with Gasteiger partial charge < -0.3 is 4.74 Å². The summed E-state index contributed by atoms with van der Waals surface area (Å²) >= 11 is 0. The predicted molar refractivity (Wildman–Crippen MR) is 87.5 cm³/mol. The van der Waals surface area contributed by atoms with E-state index in [0.717, 1.165) is 5.56 Å². The number of carbonyl (C=O) groups excluding carboxylic acids is 1. The van der Waals surface area contributed by atoms with Crippen molar-refractivity contribution < 1.29 is 17.9 Å². The van der Waals surface area contributed by atoms with Crippen LogP contribution in [0.1, 0.15) is 29.3 Å². The van der Waals surface area contributed by atoms with Crippen molar-refractivity contribution in [1.82, 2.24) is 4.72 Å². The summed E-state index contributed by atoms with van der Waals surface area (Å²) in [6.07, 6.45) is 0.711. The maximum Gasteiger partial charge on any atom is 0.338 e. The number of rotatable bonds is 7. The van der Waals surface area contributed by atoms with Gasteiger partial charge in [-0.25, -0.2) is 17.9 Å². The Morgan fingerprint density at radius 3 is 2.52 bits per heavy atom. The minimum Gasteiger partial charge on any atom is -0.462 e. The molecule has 0 aliphatic carbocycles. The lowest BCUT2D eigenvalue weighted by molar-refractivity contribution is 0.0505. The van der Waals surface area contributed by atoms with Crippen LogP contribution in [-0.2, 0) is 21.3 Å². The minimum absolute atomic E-state index is 0.0411. The zero-order valence-corrected chi connectivity index (χ0v) is 13.7. The zero-order chi connectivity index (χ0) is 16.7. The quantitative estimate of drug-likeness (QED) is 0.791. The first-order valence-electron chi connectivity index (χ1n) is 7.33. The van der Waals surface area contributed by atoms with Crippen molar-refractivity contribution in [1.29, 1.82) is 0 Å². The summed E-state index contributed by atoms with van der Waals surface area (Å²) in [4.78, 5) is 11.9. The number of ether oxygens (including phenoxy) is 1. The normalized spacial score (nSPS) is 11.2. The third kappa shape index (κ3) is 4.91. The van der Waals surface area contributed by atoms with Gasteiger partial charge in [0, 0.05) is 6.54 Å². The van der Waals surface area contributed by atoms with Crippen LogP contribution in [0.3, 0.4) is 0 Å². The van der Waals surface area contributed by atoms with Gasteiger partial charge in [0.1, 0.15) is 0 Å². The lowest BCUT2D eigenvalue weighted by Crippen LogP contribution is -2.23. The summed E-state index contributed by atoms with van der Waals surface area (Å²) in [6.45, 7) is 2.39. The van der Waals surface area contributed by atoms with Crippen molar-refractivity contribution in [2.75, 3.05) is 6.61 Å². The molecular formula is C17H19NO4S. The average molecular weight is 333 g/mol. The molecular weight excluding hydrogens is 314 g/mol. The van der Waals surface area contributed by atoms with E-state index >= 15 is 0 Å². The Balaban J connectivity index is 2.11. The number of hydrogen-bond donors (Lipinski definition) is 1. The highest BCUT2D eigenvalue weighted by atomic mass is 32.2. The van der Waals surface area contributed by atoms with Gasteiger partial charge in [-0.15, -0.1) is 0 Å². The monoisotopic (exact) mass is 333 g/mol. The van der Waals surface area contributed by atoms with Crippen LogP contribution in [0.2, 0.25) is 0 Å². The molecule has 0 radical (unpaired) electrons. The molecule has 1 N–H and O–H groups in total. The molecule has 0 spiro atoms. The van der Waals surface area contributed by atoms with E-state index in [-0.39, 0.29) is 17.0 Å². The number of nitrogens with one attached hydrogen (secondary N) is 1. The highest BCUT2D eigenvalue weighted by molar-refractivity contribution is 7.89. The van der Waals surface area contributed by atoms with Crippen LogP contribution in [-0.4, -0.2) is 21.0 Å². The van der Waals surface area contributed by atoms with Gasteiger partial charge in [-0.3, -0.25) is 0 Å². The second kappa shape index (κ2) is 7.89. The summed E-state index contributed by atoms with van der Waals surface area (Å²) in [6, 6.07) is 15.1. The second-order valence-corrected chi connectivity index (χ2v) is 6.74. The lowest BCUT2D eigenvalue weighted by Gasteiger charge is -2.08. The van der Waals surface area contributed by atoms with Gasteiger partial charge in [-0.05, 0) is 30.2 Å². The van der Waals surface area contributed by atoms with Crippen LogP contribution in [0.5, 0.6) is 0 Å². The molecule has 23 heavy (non-hydrogen) atoms. The van der Waals surface area contributed by atoms with Crippen LogP contribution >= 0.6 is 0 Å². The van der Waals surface area contributed by atoms with Crippen LogP contribution in [0, 0.1) is 0 Å². The summed E-state index contributed by atoms with van der Waals surface area (Å²) in [5.74, 6) is -0.521. The fraction of sp³-hybridized carbons (Fsp3) is 0.235. The minimum atomic E-state index is -3.69. The van der Waals surface area contributed by atoms with Crippen LogP contribution in [0.15, 0.2) is 59.5 Å². The molecule has 2 aromatic rings. The van der Waals surface area contributed by atoms with Crippen LogP contribution in [0.4, 0.5) is 0 Å². The second-order valence-electron chi connectivity index (χ2n) is 4.97. The molecule has 0 saturated heterocycles. The first-order valence-corrected chi connectivity index (χ1v) is 8.82. The number of hydrogen-bond acceptors (Lipinski definition) is 4. The number of carbonyl (C=O) groups is 1. The predicted octanol–water partition coefficient (Wildman–Crippen LogP) is 2.73. The van der Waals surface area contributed by atoms with E-state index in [1.54, 1.807) is 0 Å². The molecule has 0 aliphatic heterocycles. The summed E-state index contributed by atoms with van der Waals surface area (Å²) < 4.78 is 32.2. The molecule has 6 heteroatoms. The summed E-state index contributed by atoms with van der Waals surface area (Å²) in [5.41, 5.74) is 1.08. The molecule has 5 nitrogen and oxygen atoms in total. The van der Waals surface area contributed by atoms with E-state index in [9.17, 15) is 13.2 Å². The van der Waals surface area contributed by atoms with E-state index in [1.807, 2.05) is 37.3 Å². The van der Waals surface area contributed by atoms with Crippen molar-refractivity contribution in [3.05, 3.63) is 65.7 Å². The fourth-order valence-electron chi connectivity index (χ4n) is 1.93. The molecule has 2 rings (SSSR count). The Morgan fingerprint density at radius 2 is 1.83 bits per heavy atom. The lowest BCUT2D eigenvalue weighted by atomic mass is 10.2. The molecule has 0 aliphatic rings. The largest absolute Gasteiger partial charge is 0.462 e. The molecule has 0 bridgehead atoms. The first-order chi connectivity index (χ1) is 11.0. The fourth-order valence-corrected chi connectivity index (χ4v) is 2.99. The number of benzene rings is 2.